The lowest BCUT2D eigenvalue weighted by atomic mass is 10.0. The zero-order valence-corrected chi connectivity index (χ0v) is 21.1. The van der Waals surface area contributed by atoms with Crippen molar-refractivity contribution in [2.24, 2.45) is 7.05 Å². The lowest BCUT2D eigenvalue weighted by Crippen LogP contribution is -2.24. The van der Waals surface area contributed by atoms with E-state index in [-0.39, 0.29) is 18.1 Å². The van der Waals surface area contributed by atoms with Crippen molar-refractivity contribution in [3.63, 3.8) is 0 Å². The number of aromatic nitrogens is 3. The van der Waals surface area contributed by atoms with Crippen LogP contribution in [0.15, 0.2) is 95.5 Å². The molecule has 1 N–H and O–H groups in total. The summed E-state index contributed by atoms with van der Waals surface area (Å²) in [5, 5.41) is 10.7. The first-order valence-corrected chi connectivity index (χ1v) is 12.1. The first kappa shape index (κ1) is 26.4. The smallest absolute Gasteiger partial charge is 0.416 e. The van der Waals surface area contributed by atoms with E-state index in [1.165, 1.54) is 23.1 Å². The van der Waals surface area contributed by atoms with Crippen molar-refractivity contribution in [1.29, 1.82) is 0 Å². The van der Waals surface area contributed by atoms with Crippen molar-refractivity contribution in [2.45, 2.75) is 12.7 Å². The van der Waals surface area contributed by atoms with E-state index in [9.17, 15) is 22.8 Å². The number of para-hydroxylation sites is 1. The molecule has 2 aromatic heterocycles. The highest BCUT2D eigenvalue weighted by atomic mass is 19.4. The number of halogens is 3. The number of alkyl halides is 3. The van der Waals surface area contributed by atoms with Gasteiger partial charge in [0.2, 0.25) is 18.2 Å². The van der Waals surface area contributed by atoms with Gasteiger partial charge in [-0.1, -0.05) is 48.5 Å². The summed E-state index contributed by atoms with van der Waals surface area (Å²) >= 11 is 0. The van der Waals surface area contributed by atoms with Crippen molar-refractivity contribution in [3.8, 4) is 22.6 Å². The molecule has 0 unspecified atom stereocenters. The fraction of sp³-hybridized carbons (Fsp3) is 0.103. The molecule has 0 aliphatic rings. The van der Waals surface area contributed by atoms with Gasteiger partial charge in [0.1, 0.15) is 5.69 Å². The molecule has 0 bridgehead atoms. The van der Waals surface area contributed by atoms with Crippen LogP contribution < -0.4 is 10.2 Å². The summed E-state index contributed by atoms with van der Waals surface area (Å²) in [6, 6.07) is 22.3. The third kappa shape index (κ3) is 5.48. The Balaban J connectivity index is 1.35. The number of carbonyl (C=O) groups is 2. The molecule has 11 heteroatoms. The fourth-order valence-corrected chi connectivity index (χ4v) is 4.20. The number of carbonyl (C=O) groups excluding carboxylic acids is 2. The van der Waals surface area contributed by atoms with Gasteiger partial charge in [-0.3, -0.25) is 14.5 Å². The predicted molar refractivity (Wildman–Crippen MR) is 141 cm³/mol. The zero-order valence-electron chi connectivity index (χ0n) is 21.1. The van der Waals surface area contributed by atoms with E-state index >= 15 is 0 Å². The summed E-state index contributed by atoms with van der Waals surface area (Å²) in [5.74, 6) is 0.121. The van der Waals surface area contributed by atoms with Crippen molar-refractivity contribution in [3.05, 3.63) is 108 Å². The first-order chi connectivity index (χ1) is 19.2. The van der Waals surface area contributed by atoms with E-state index in [0.717, 1.165) is 17.7 Å². The Kier molecular flexibility index (Phi) is 7.19. The second-order valence-corrected chi connectivity index (χ2v) is 8.81. The topological polar surface area (TPSA) is 93.3 Å². The van der Waals surface area contributed by atoms with Crippen molar-refractivity contribution in [2.75, 3.05) is 4.90 Å². The Labute approximate surface area is 226 Å². The predicted octanol–water partition coefficient (Wildman–Crippen LogP) is 5.99. The molecule has 3 aromatic carbocycles. The van der Waals surface area contributed by atoms with Crippen molar-refractivity contribution in [1.82, 2.24) is 20.1 Å². The van der Waals surface area contributed by atoms with Gasteiger partial charge in [-0.05, 0) is 42.0 Å². The molecule has 40 heavy (non-hydrogen) atoms. The molecule has 202 valence electrons. The molecule has 0 atom stereocenters. The van der Waals surface area contributed by atoms with Crippen LogP contribution in [-0.4, -0.2) is 27.1 Å². The molecule has 5 rings (SSSR count). The maximum atomic E-state index is 13.0. The number of rotatable bonds is 8. The van der Waals surface area contributed by atoms with Crippen LogP contribution in [0.25, 0.3) is 22.6 Å². The fourth-order valence-electron chi connectivity index (χ4n) is 4.20. The third-order valence-corrected chi connectivity index (χ3v) is 6.18. The van der Waals surface area contributed by atoms with E-state index in [0.29, 0.717) is 34.8 Å². The summed E-state index contributed by atoms with van der Waals surface area (Å²) in [5.41, 5.74) is 2.13. The number of aryl methyl sites for hydroxylation is 1. The maximum Gasteiger partial charge on any atom is 0.416 e. The molecule has 0 spiro atoms. The van der Waals surface area contributed by atoms with Crippen LogP contribution in [0.5, 0.6) is 0 Å². The largest absolute Gasteiger partial charge is 0.419 e. The van der Waals surface area contributed by atoms with E-state index in [1.807, 2.05) is 30.3 Å². The van der Waals surface area contributed by atoms with Gasteiger partial charge < -0.3 is 14.3 Å². The number of hydrogen-bond donors (Lipinski definition) is 1. The van der Waals surface area contributed by atoms with E-state index in [1.54, 1.807) is 42.1 Å². The SMILES string of the molecule is Cn1cc(N(C=O)c2ccccc2-c2ccc(C(F)(F)F)cc2)cc1C(=O)NCc1nnc(-c2ccccc2)o1. The minimum atomic E-state index is -4.46. The van der Waals surface area contributed by atoms with Gasteiger partial charge in [0.15, 0.2) is 0 Å². The lowest BCUT2D eigenvalue weighted by Gasteiger charge is -2.20. The number of amides is 2. The Morgan fingerprint density at radius 1 is 0.975 bits per heavy atom. The minimum absolute atomic E-state index is 0.00662. The summed E-state index contributed by atoms with van der Waals surface area (Å²) < 4.78 is 46.3. The standard InChI is InChI=1S/C29H22F3N5O3/c1-36-17-22(15-25(36)27(39)33-16-26-34-35-28(40-26)20-7-3-2-4-8-20)37(18-38)24-10-6-5-9-23(24)19-11-13-21(14-12-19)29(30,31)32/h2-15,17-18H,16H2,1H3,(H,33,39). The van der Waals surface area contributed by atoms with Gasteiger partial charge >= 0.3 is 6.18 Å². The number of nitrogens with one attached hydrogen (secondary N) is 1. The van der Waals surface area contributed by atoms with Crippen molar-refractivity contribution < 1.29 is 27.2 Å². The third-order valence-electron chi connectivity index (χ3n) is 6.18. The molecular formula is C29H22F3N5O3. The van der Waals surface area contributed by atoms with Crippen molar-refractivity contribution >= 4 is 23.7 Å². The van der Waals surface area contributed by atoms with E-state index in [2.05, 4.69) is 15.5 Å². The number of anilines is 2. The molecule has 0 fully saturated rings. The van der Waals surface area contributed by atoms with Crippen LogP contribution in [0.4, 0.5) is 24.5 Å². The van der Waals surface area contributed by atoms with Crippen LogP contribution in [-0.2, 0) is 24.6 Å². The summed E-state index contributed by atoms with van der Waals surface area (Å²) in [6.45, 7) is -0.00662. The number of benzene rings is 3. The van der Waals surface area contributed by atoms with Crippen LogP contribution in [0.3, 0.4) is 0 Å². The lowest BCUT2D eigenvalue weighted by molar-refractivity contribution is -0.137. The second-order valence-electron chi connectivity index (χ2n) is 8.81. The summed E-state index contributed by atoms with van der Waals surface area (Å²) in [4.78, 5) is 26.5. The number of nitrogens with zero attached hydrogens (tertiary/aromatic N) is 4. The van der Waals surface area contributed by atoms with Crippen LogP contribution in [0.2, 0.25) is 0 Å². The average Bonchev–Trinajstić information content (AvgIpc) is 3.59. The van der Waals surface area contributed by atoms with Gasteiger partial charge in [-0.2, -0.15) is 13.2 Å². The summed E-state index contributed by atoms with van der Waals surface area (Å²) in [6.07, 6.45) is -2.27. The summed E-state index contributed by atoms with van der Waals surface area (Å²) in [7, 11) is 1.66. The van der Waals surface area contributed by atoms with Crippen LogP contribution in [0, 0.1) is 0 Å². The highest BCUT2D eigenvalue weighted by molar-refractivity contribution is 5.98. The van der Waals surface area contributed by atoms with Crippen LogP contribution in [0.1, 0.15) is 21.9 Å². The molecule has 2 amide bonds. The first-order valence-electron chi connectivity index (χ1n) is 12.1. The highest BCUT2D eigenvalue weighted by Crippen LogP contribution is 2.37. The Hall–Kier alpha value is -5.19. The molecule has 0 saturated carbocycles. The number of hydrogen-bond acceptors (Lipinski definition) is 5. The molecule has 0 aliphatic heterocycles. The van der Waals surface area contributed by atoms with Gasteiger partial charge in [-0.25, -0.2) is 0 Å². The van der Waals surface area contributed by atoms with Gasteiger partial charge in [0, 0.05) is 24.4 Å². The molecule has 2 heterocycles. The quantitative estimate of drug-likeness (QED) is 0.242. The van der Waals surface area contributed by atoms with E-state index < -0.39 is 17.6 Å². The molecule has 8 nitrogen and oxygen atoms in total. The average molecular weight is 546 g/mol. The maximum absolute atomic E-state index is 13.0. The molecular weight excluding hydrogens is 523 g/mol. The van der Waals surface area contributed by atoms with Gasteiger partial charge in [0.05, 0.1) is 23.5 Å². The van der Waals surface area contributed by atoms with E-state index in [4.69, 9.17) is 4.42 Å². The van der Waals surface area contributed by atoms with Gasteiger partial charge in [-0.15, -0.1) is 10.2 Å². The minimum Gasteiger partial charge on any atom is -0.419 e. The van der Waals surface area contributed by atoms with Gasteiger partial charge in [0.25, 0.3) is 5.91 Å². The zero-order chi connectivity index (χ0) is 28.3. The Morgan fingerprint density at radius 3 is 2.38 bits per heavy atom. The molecule has 0 radical (unpaired) electrons. The van der Waals surface area contributed by atoms with Crippen LogP contribution >= 0.6 is 0 Å². The normalized spacial score (nSPS) is 11.3. The second kappa shape index (κ2) is 10.9. The highest BCUT2D eigenvalue weighted by Gasteiger charge is 2.30. The Morgan fingerprint density at radius 2 is 1.68 bits per heavy atom. The molecule has 5 aromatic rings. The Bertz CT molecular complexity index is 1640. The monoisotopic (exact) mass is 545 g/mol. The molecule has 0 saturated heterocycles. The molecule has 0 aliphatic carbocycles.